The molecule has 0 unspecified atom stereocenters. The monoisotopic (exact) mass is 332 g/mol. The number of sulfonamides is 1. The third-order valence-electron chi connectivity index (χ3n) is 2.66. The number of hydrogen-bond donors (Lipinski definition) is 0. The number of thiazole rings is 1. The predicted molar refractivity (Wildman–Crippen MR) is 78.8 cm³/mol. The molecule has 2 rings (SSSR count). The van der Waals surface area contributed by atoms with Crippen LogP contribution in [0.5, 0.6) is 5.75 Å². The third-order valence-corrected chi connectivity index (χ3v) is 6.02. The van der Waals surface area contributed by atoms with E-state index in [0.717, 1.165) is 16.9 Å². The van der Waals surface area contributed by atoms with Gasteiger partial charge in [0.1, 0.15) is 5.75 Å². The van der Waals surface area contributed by atoms with E-state index < -0.39 is 10.0 Å². The first-order valence-electron chi connectivity index (χ1n) is 5.64. The van der Waals surface area contributed by atoms with E-state index in [0.29, 0.717) is 5.75 Å². The van der Waals surface area contributed by atoms with E-state index >= 15 is 0 Å². The number of aromatic nitrogens is 1. The van der Waals surface area contributed by atoms with Gasteiger partial charge in [-0.2, -0.15) is 4.31 Å². The molecule has 0 radical (unpaired) electrons. The van der Waals surface area contributed by atoms with E-state index in [1.807, 2.05) is 12.1 Å². The van der Waals surface area contributed by atoms with Gasteiger partial charge < -0.3 is 4.74 Å². The second-order valence-electron chi connectivity index (χ2n) is 4.04. The van der Waals surface area contributed by atoms with Crippen LogP contribution in [0.3, 0.4) is 0 Å². The highest BCUT2D eigenvalue weighted by Crippen LogP contribution is 2.26. The summed E-state index contributed by atoms with van der Waals surface area (Å²) in [5.74, 6) is 0.689. The highest BCUT2D eigenvalue weighted by atomic mass is 35.5. The van der Waals surface area contributed by atoms with E-state index in [1.165, 1.54) is 17.5 Å². The van der Waals surface area contributed by atoms with Crippen molar-refractivity contribution in [3.05, 3.63) is 40.5 Å². The van der Waals surface area contributed by atoms with E-state index in [-0.39, 0.29) is 15.2 Å². The number of hydrogen-bond acceptors (Lipinski definition) is 5. The van der Waals surface area contributed by atoms with Crippen LogP contribution in [-0.2, 0) is 16.6 Å². The SMILES string of the molecule is COc1cccc(CN(C)S(=O)(=O)c2cnc(Cl)s2)c1. The minimum Gasteiger partial charge on any atom is -0.497 e. The first-order valence-corrected chi connectivity index (χ1v) is 8.27. The minimum absolute atomic E-state index is 0.132. The smallest absolute Gasteiger partial charge is 0.254 e. The second-order valence-corrected chi connectivity index (χ2v) is 7.93. The normalized spacial score (nSPS) is 11.8. The maximum absolute atomic E-state index is 12.3. The third kappa shape index (κ3) is 3.29. The number of benzene rings is 1. The molecule has 108 valence electrons. The van der Waals surface area contributed by atoms with Crippen molar-refractivity contribution < 1.29 is 13.2 Å². The molecular weight excluding hydrogens is 320 g/mol. The van der Waals surface area contributed by atoms with E-state index in [2.05, 4.69) is 4.98 Å². The van der Waals surface area contributed by atoms with Crippen LogP contribution in [0.15, 0.2) is 34.7 Å². The fourth-order valence-electron chi connectivity index (χ4n) is 1.62. The fraction of sp³-hybridized carbons (Fsp3) is 0.250. The summed E-state index contributed by atoms with van der Waals surface area (Å²) in [6.07, 6.45) is 1.27. The van der Waals surface area contributed by atoms with Gasteiger partial charge in [0.2, 0.25) is 0 Å². The summed E-state index contributed by atoms with van der Waals surface area (Å²) in [4.78, 5) is 3.76. The average Bonchev–Trinajstić information content (AvgIpc) is 2.86. The maximum atomic E-state index is 12.3. The molecule has 0 aliphatic carbocycles. The molecule has 0 N–H and O–H groups in total. The highest BCUT2D eigenvalue weighted by Gasteiger charge is 2.23. The lowest BCUT2D eigenvalue weighted by Gasteiger charge is -2.16. The molecule has 0 atom stereocenters. The van der Waals surface area contributed by atoms with Gasteiger partial charge in [-0.05, 0) is 17.7 Å². The Morgan fingerprint density at radius 3 is 2.80 bits per heavy atom. The van der Waals surface area contributed by atoms with Crippen molar-refractivity contribution in [3.8, 4) is 5.75 Å². The van der Waals surface area contributed by atoms with Crippen LogP contribution in [0.1, 0.15) is 5.56 Å². The van der Waals surface area contributed by atoms with Gasteiger partial charge in [0.05, 0.1) is 13.3 Å². The lowest BCUT2D eigenvalue weighted by atomic mass is 10.2. The zero-order valence-electron chi connectivity index (χ0n) is 10.9. The lowest BCUT2D eigenvalue weighted by Crippen LogP contribution is -2.25. The molecule has 0 amide bonds. The van der Waals surface area contributed by atoms with Crippen molar-refractivity contribution in [2.45, 2.75) is 10.8 Å². The average molecular weight is 333 g/mol. The molecule has 8 heteroatoms. The van der Waals surface area contributed by atoms with Crippen LogP contribution >= 0.6 is 22.9 Å². The Kier molecular flexibility index (Phi) is 4.64. The Morgan fingerprint density at radius 1 is 1.45 bits per heavy atom. The van der Waals surface area contributed by atoms with Gasteiger partial charge in [-0.15, -0.1) is 0 Å². The van der Waals surface area contributed by atoms with Crippen molar-refractivity contribution in [1.82, 2.24) is 9.29 Å². The van der Waals surface area contributed by atoms with Gasteiger partial charge in [0, 0.05) is 13.6 Å². The van der Waals surface area contributed by atoms with Crippen molar-refractivity contribution in [2.75, 3.05) is 14.2 Å². The summed E-state index contributed by atoms with van der Waals surface area (Å²) in [5, 5.41) is 0. The first-order chi connectivity index (χ1) is 9.43. The summed E-state index contributed by atoms with van der Waals surface area (Å²) in [5.41, 5.74) is 0.839. The molecule has 0 bridgehead atoms. The summed E-state index contributed by atoms with van der Waals surface area (Å²) in [6.45, 7) is 0.245. The summed E-state index contributed by atoms with van der Waals surface area (Å²) in [6, 6.07) is 7.26. The van der Waals surface area contributed by atoms with Crippen molar-refractivity contribution in [1.29, 1.82) is 0 Å². The number of nitrogens with zero attached hydrogens (tertiary/aromatic N) is 2. The Bertz CT molecular complexity index is 700. The van der Waals surface area contributed by atoms with E-state index in [9.17, 15) is 8.42 Å². The van der Waals surface area contributed by atoms with Crippen LogP contribution in [0, 0.1) is 0 Å². The van der Waals surface area contributed by atoms with Gasteiger partial charge in [-0.1, -0.05) is 35.1 Å². The number of halogens is 1. The van der Waals surface area contributed by atoms with Crippen LogP contribution in [0.4, 0.5) is 0 Å². The largest absolute Gasteiger partial charge is 0.497 e. The van der Waals surface area contributed by atoms with Crippen molar-refractivity contribution in [2.24, 2.45) is 0 Å². The van der Waals surface area contributed by atoms with E-state index in [4.69, 9.17) is 16.3 Å². The molecular formula is C12H13ClN2O3S2. The Hall–Kier alpha value is -1.15. The number of methoxy groups -OCH3 is 1. The van der Waals surface area contributed by atoms with Gasteiger partial charge in [-0.3, -0.25) is 0 Å². The molecule has 5 nitrogen and oxygen atoms in total. The molecule has 0 aliphatic rings. The Balaban J connectivity index is 2.20. The van der Waals surface area contributed by atoms with Gasteiger partial charge >= 0.3 is 0 Å². The number of ether oxygens (including phenoxy) is 1. The fourth-order valence-corrected chi connectivity index (χ4v) is 4.29. The molecule has 0 saturated heterocycles. The van der Waals surface area contributed by atoms with Gasteiger partial charge in [0.25, 0.3) is 10.0 Å². The predicted octanol–water partition coefficient (Wildman–Crippen LogP) is 2.63. The molecule has 1 heterocycles. The molecule has 1 aromatic heterocycles. The van der Waals surface area contributed by atoms with E-state index in [1.54, 1.807) is 19.2 Å². The van der Waals surface area contributed by atoms with Crippen LogP contribution in [0.25, 0.3) is 0 Å². The highest BCUT2D eigenvalue weighted by molar-refractivity contribution is 7.91. The first kappa shape index (κ1) is 15.2. The second kappa shape index (κ2) is 6.09. The zero-order chi connectivity index (χ0) is 14.8. The van der Waals surface area contributed by atoms with Gasteiger partial charge in [-0.25, -0.2) is 13.4 Å². The molecule has 0 fully saturated rings. The lowest BCUT2D eigenvalue weighted by molar-refractivity contribution is 0.412. The van der Waals surface area contributed by atoms with Gasteiger partial charge in [0.15, 0.2) is 8.68 Å². The summed E-state index contributed by atoms with van der Waals surface area (Å²) >= 11 is 6.62. The molecule has 1 aromatic carbocycles. The van der Waals surface area contributed by atoms with Crippen LogP contribution < -0.4 is 4.74 Å². The Morgan fingerprint density at radius 2 is 2.20 bits per heavy atom. The minimum atomic E-state index is -3.57. The molecule has 0 spiro atoms. The zero-order valence-corrected chi connectivity index (χ0v) is 13.3. The molecule has 2 aromatic rings. The quantitative estimate of drug-likeness (QED) is 0.844. The standard InChI is InChI=1S/C12H13ClN2O3S2/c1-15(8-9-4-3-5-10(6-9)18-2)20(16,17)11-7-14-12(13)19-11/h3-7H,8H2,1-2H3. The van der Waals surface area contributed by atoms with Crippen LogP contribution in [-0.4, -0.2) is 31.9 Å². The van der Waals surface area contributed by atoms with Crippen molar-refractivity contribution >= 4 is 33.0 Å². The topological polar surface area (TPSA) is 59.5 Å². The van der Waals surface area contributed by atoms with Crippen LogP contribution in [0.2, 0.25) is 4.47 Å². The summed E-state index contributed by atoms with van der Waals surface area (Å²) < 4.78 is 31.3. The summed E-state index contributed by atoms with van der Waals surface area (Å²) in [7, 11) is -0.487. The number of rotatable bonds is 5. The van der Waals surface area contributed by atoms with Crippen molar-refractivity contribution in [3.63, 3.8) is 0 Å². The maximum Gasteiger partial charge on any atom is 0.254 e. The Labute approximate surface area is 126 Å². The molecule has 0 saturated carbocycles. The molecule has 0 aliphatic heterocycles. The molecule has 20 heavy (non-hydrogen) atoms.